The van der Waals surface area contributed by atoms with Crippen LogP contribution >= 0.6 is 0 Å². The highest BCUT2D eigenvalue weighted by Gasteiger charge is 2.10. The van der Waals surface area contributed by atoms with E-state index in [1.54, 1.807) is 36.4 Å². The van der Waals surface area contributed by atoms with E-state index in [-0.39, 0.29) is 11.1 Å². The molecule has 3 aromatic carbocycles. The van der Waals surface area contributed by atoms with Crippen LogP contribution in [0.2, 0.25) is 0 Å². The fourth-order valence-corrected chi connectivity index (χ4v) is 3.20. The average molecular weight is 454 g/mol. The summed E-state index contributed by atoms with van der Waals surface area (Å²) in [7, 11) is 0. The Morgan fingerprint density at radius 2 is 1.03 bits per heavy atom. The highest BCUT2D eigenvalue weighted by atomic mass is 16.4. The molecule has 4 aromatic rings. The highest BCUT2D eigenvalue weighted by Crippen LogP contribution is 2.26. The predicted molar refractivity (Wildman–Crippen MR) is 129 cm³/mol. The third kappa shape index (κ3) is 4.86. The quantitative estimate of drug-likeness (QED) is 0.231. The predicted octanol–water partition coefficient (Wildman–Crippen LogP) is 3.92. The second kappa shape index (κ2) is 10.0. The van der Waals surface area contributed by atoms with E-state index < -0.39 is 11.9 Å². The molecule has 34 heavy (non-hydrogen) atoms. The average Bonchev–Trinajstić information content (AvgIpc) is 2.85. The van der Waals surface area contributed by atoms with Gasteiger partial charge in [0.2, 0.25) is 0 Å². The maximum absolute atomic E-state index is 11.3. The number of carboxylic acid groups (broad SMARTS) is 2. The molecule has 0 aliphatic carbocycles. The molecule has 0 amide bonds. The number of fused-ring (bicyclic) bond motifs is 1. The van der Waals surface area contributed by atoms with Gasteiger partial charge in [0.25, 0.3) is 0 Å². The van der Waals surface area contributed by atoms with Crippen LogP contribution in [0.5, 0.6) is 0 Å². The normalized spacial score (nSPS) is 11.2. The van der Waals surface area contributed by atoms with Crippen molar-refractivity contribution in [3.8, 4) is 0 Å². The molecule has 4 rings (SSSR count). The summed E-state index contributed by atoms with van der Waals surface area (Å²) in [4.78, 5) is 22.7. The van der Waals surface area contributed by atoms with E-state index in [9.17, 15) is 19.8 Å². The summed E-state index contributed by atoms with van der Waals surface area (Å²) in [5.41, 5.74) is 6.74. The summed E-state index contributed by atoms with van der Waals surface area (Å²) in [6, 6.07) is 20.3. The molecule has 0 saturated heterocycles. The number of hydrogen-bond acceptors (Lipinski definition) is 8. The largest absolute Gasteiger partial charge is 0.478 e. The molecule has 10 heteroatoms. The minimum Gasteiger partial charge on any atom is -0.478 e. The van der Waals surface area contributed by atoms with Crippen LogP contribution in [0.3, 0.4) is 0 Å². The molecule has 0 saturated carbocycles. The molecule has 1 aromatic heterocycles. The van der Waals surface area contributed by atoms with Crippen LogP contribution in [0.15, 0.2) is 83.0 Å². The summed E-state index contributed by atoms with van der Waals surface area (Å²) in [5.74, 6) is -1.36. The van der Waals surface area contributed by atoms with E-state index in [0.29, 0.717) is 33.5 Å². The number of hydrogen-bond donors (Lipinski definition) is 4. The molecule has 0 aliphatic heterocycles. The van der Waals surface area contributed by atoms with Crippen LogP contribution in [0.4, 0.5) is 11.6 Å². The maximum atomic E-state index is 11.3. The van der Waals surface area contributed by atoms with Crippen molar-refractivity contribution in [3.05, 3.63) is 95.1 Å². The number of anilines is 2. The minimum absolute atomic E-state index is 0.130. The first kappa shape index (κ1) is 22.1. The molecule has 1 heterocycles. The summed E-state index contributed by atoms with van der Waals surface area (Å²) < 4.78 is 0. The highest BCUT2D eigenvalue weighted by molar-refractivity contribution is 6.01. The van der Waals surface area contributed by atoms with Gasteiger partial charge in [-0.2, -0.15) is 10.2 Å². The van der Waals surface area contributed by atoms with E-state index in [1.807, 2.05) is 24.3 Å². The smallest absolute Gasteiger partial charge is 0.336 e. The Labute approximate surface area is 193 Å². The number of aromatic carboxylic acids is 2. The van der Waals surface area contributed by atoms with Crippen LogP contribution in [0.25, 0.3) is 10.8 Å². The molecule has 0 unspecified atom stereocenters. The first-order valence-corrected chi connectivity index (χ1v) is 10.0. The first-order chi connectivity index (χ1) is 16.5. The zero-order chi connectivity index (χ0) is 23.9. The summed E-state index contributed by atoms with van der Waals surface area (Å²) >= 11 is 0. The Morgan fingerprint density at radius 1 is 0.647 bits per heavy atom. The number of carboxylic acids is 2. The summed E-state index contributed by atoms with van der Waals surface area (Å²) in [6.07, 6.45) is 2.80. The zero-order valence-electron chi connectivity index (χ0n) is 17.6. The fourth-order valence-electron chi connectivity index (χ4n) is 3.20. The van der Waals surface area contributed by atoms with Gasteiger partial charge < -0.3 is 10.2 Å². The Morgan fingerprint density at radius 3 is 1.44 bits per heavy atom. The van der Waals surface area contributed by atoms with Gasteiger partial charge in [-0.25, -0.2) is 9.59 Å². The van der Waals surface area contributed by atoms with E-state index in [1.165, 1.54) is 24.6 Å². The number of carbonyl (C=O) groups is 2. The van der Waals surface area contributed by atoms with Crippen molar-refractivity contribution in [2.45, 2.75) is 0 Å². The first-order valence-electron chi connectivity index (χ1n) is 10.0. The molecular formula is C24H18N6O4. The van der Waals surface area contributed by atoms with Crippen LogP contribution in [0.1, 0.15) is 31.8 Å². The number of aromatic nitrogens is 2. The third-order valence-corrected chi connectivity index (χ3v) is 4.82. The Hall–Kier alpha value is -5.12. The summed E-state index contributed by atoms with van der Waals surface area (Å²) in [5, 5.41) is 36.5. The zero-order valence-corrected chi connectivity index (χ0v) is 17.6. The number of benzene rings is 3. The lowest BCUT2D eigenvalue weighted by Gasteiger charge is -2.08. The summed E-state index contributed by atoms with van der Waals surface area (Å²) in [6.45, 7) is 0. The van der Waals surface area contributed by atoms with Gasteiger partial charge in [-0.3, -0.25) is 10.9 Å². The van der Waals surface area contributed by atoms with Crippen molar-refractivity contribution in [3.63, 3.8) is 0 Å². The third-order valence-electron chi connectivity index (χ3n) is 4.82. The number of hydrazone groups is 2. The van der Waals surface area contributed by atoms with E-state index in [0.717, 1.165) is 0 Å². The van der Waals surface area contributed by atoms with Gasteiger partial charge in [0.05, 0.1) is 23.6 Å². The van der Waals surface area contributed by atoms with Gasteiger partial charge in [0, 0.05) is 21.9 Å². The molecular weight excluding hydrogens is 436 g/mol. The molecule has 168 valence electrons. The fraction of sp³-hybridized carbons (Fsp3) is 0. The van der Waals surface area contributed by atoms with Crippen LogP contribution in [-0.2, 0) is 0 Å². The van der Waals surface area contributed by atoms with Crippen LogP contribution in [0, 0.1) is 0 Å². The van der Waals surface area contributed by atoms with E-state index in [2.05, 4.69) is 31.3 Å². The lowest BCUT2D eigenvalue weighted by atomic mass is 10.1. The lowest BCUT2D eigenvalue weighted by molar-refractivity contribution is 0.0686. The maximum Gasteiger partial charge on any atom is 0.336 e. The van der Waals surface area contributed by atoms with E-state index in [4.69, 9.17) is 0 Å². The van der Waals surface area contributed by atoms with Crippen molar-refractivity contribution in [1.82, 2.24) is 10.2 Å². The van der Waals surface area contributed by atoms with Crippen molar-refractivity contribution in [2.75, 3.05) is 10.9 Å². The standard InChI is InChI=1S/C24H18N6O4/c31-23(32)17-9-3-1-7-15(17)13-25-27-21-19-11-5-6-12-20(19)22(30-29-21)28-26-14-16-8-2-4-10-18(16)24(33)34/h1-14H,(H,27,29)(H,28,30)(H,31,32)(H,33,34)/b25-13-,26-14-. The lowest BCUT2D eigenvalue weighted by Crippen LogP contribution is -2.04. The minimum atomic E-state index is -1.05. The Balaban J connectivity index is 1.56. The molecule has 4 N–H and O–H groups in total. The molecule has 0 radical (unpaired) electrons. The van der Waals surface area contributed by atoms with Gasteiger partial charge in [-0.15, -0.1) is 10.2 Å². The topological polar surface area (TPSA) is 149 Å². The Kier molecular flexibility index (Phi) is 6.50. The van der Waals surface area contributed by atoms with Gasteiger partial charge in [-0.1, -0.05) is 60.7 Å². The number of nitrogens with one attached hydrogen (secondary N) is 2. The van der Waals surface area contributed by atoms with Gasteiger partial charge >= 0.3 is 11.9 Å². The van der Waals surface area contributed by atoms with Crippen LogP contribution in [-0.4, -0.2) is 44.8 Å². The van der Waals surface area contributed by atoms with Gasteiger partial charge in [0.15, 0.2) is 11.6 Å². The Bertz CT molecular complexity index is 1330. The van der Waals surface area contributed by atoms with Gasteiger partial charge in [0.1, 0.15) is 0 Å². The molecule has 0 bridgehead atoms. The second-order valence-corrected chi connectivity index (χ2v) is 6.97. The SMILES string of the molecule is O=C(O)c1ccccc1/C=N\Nc1nnc(N/N=C\c2ccccc2C(=O)O)c2ccccc12. The van der Waals surface area contributed by atoms with Crippen LogP contribution < -0.4 is 10.9 Å². The molecule has 0 atom stereocenters. The molecule has 0 aliphatic rings. The monoisotopic (exact) mass is 454 g/mol. The molecule has 10 nitrogen and oxygen atoms in total. The van der Waals surface area contributed by atoms with Crippen molar-refractivity contribution in [2.24, 2.45) is 10.2 Å². The number of nitrogens with zero attached hydrogens (tertiary/aromatic N) is 4. The number of rotatable bonds is 8. The second-order valence-electron chi connectivity index (χ2n) is 6.97. The molecule has 0 spiro atoms. The van der Waals surface area contributed by atoms with Crippen molar-refractivity contribution >= 4 is 46.8 Å². The van der Waals surface area contributed by atoms with Crippen molar-refractivity contribution in [1.29, 1.82) is 0 Å². The van der Waals surface area contributed by atoms with Crippen molar-refractivity contribution < 1.29 is 19.8 Å². The van der Waals surface area contributed by atoms with Gasteiger partial charge in [-0.05, 0) is 12.1 Å². The van der Waals surface area contributed by atoms with E-state index >= 15 is 0 Å². The molecule has 0 fully saturated rings.